The molecule has 1 aliphatic heterocycles. The second kappa shape index (κ2) is 6.60. The van der Waals surface area contributed by atoms with Gasteiger partial charge in [0.1, 0.15) is 18.3 Å². The van der Waals surface area contributed by atoms with Crippen LogP contribution in [-0.2, 0) is 17.9 Å². The van der Waals surface area contributed by atoms with Crippen molar-refractivity contribution < 1.29 is 4.74 Å². The Kier molecular flexibility index (Phi) is 4.32. The van der Waals surface area contributed by atoms with Crippen molar-refractivity contribution in [3.05, 3.63) is 23.3 Å². The lowest BCUT2D eigenvalue weighted by atomic mass is 10.0. The number of hydrogen-bond acceptors (Lipinski definition) is 6. The number of aromatic amines is 1. The molecule has 130 valence electrons. The van der Waals surface area contributed by atoms with Crippen LogP contribution in [0.3, 0.4) is 0 Å². The van der Waals surface area contributed by atoms with E-state index in [2.05, 4.69) is 41.8 Å². The molecule has 1 atom stereocenters. The van der Waals surface area contributed by atoms with E-state index in [1.165, 1.54) is 25.7 Å². The Morgan fingerprint density at radius 3 is 2.88 bits per heavy atom. The average molecular weight is 331 g/mol. The first kappa shape index (κ1) is 15.7. The fraction of sp³-hybridized carbons (Fsp3) is 0.750. The van der Waals surface area contributed by atoms with Crippen molar-refractivity contribution in [1.82, 2.24) is 34.8 Å². The molecule has 8 nitrogen and oxygen atoms in total. The molecule has 2 aliphatic rings. The van der Waals surface area contributed by atoms with Gasteiger partial charge in [-0.05, 0) is 39.2 Å². The highest BCUT2D eigenvalue weighted by molar-refractivity contribution is 5.04. The molecule has 0 radical (unpaired) electrons. The summed E-state index contributed by atoms with van der Waals surface area (Å²) >= 11 is 0. The second-order valence-electron chi connectivity index (χ2n) is 6.82. The standard InChI is InChI=1S/C16H25N7O/c1-11-18-20-15(23(11)12-6-7-12)9-22-8-4-3-5-13(22)16-17-14(10-24-2)19-21-16/h12-13H,3-10H2,1-2H3,(H,17,19,21). The van der Waals surface area contributed by atoms with Gasteiger partial charge in [0, 0.05) is 13.2 Å². The first-order valence-electron chi connectivity index (χ1n) is 8.81. The van der Waals surface area contributed by atoms with Gasteiger partial charge in [-0.1, -0.05) is 6.42 Å². The van der Waals surface area contributed by atoms with Crippen molar-refractivity contribution in [1.29, 1.82) is 0 Å². The monoisotopic (exact) mass is 331 g/mol. The van der Waals surface area contributed by atoms with E-state index in [-0.39, 0.29) is 6.04 Å². The zero-order valence-corrected chi connectivity index (χ0v) is 14.4. The number of methoxy groups -OCH3 is 1. The minimum Gasteiger partial charge on any atom is -0.377 e. The van der Waals surface area contributed by atoms with E-state index in [9.17, 15) is 0 Å². The molecule has 0 aromatic carbocycles. The third-order valence-electron chi connectivity index (χ3n) is 4.94. The molecule has 0 bridgehead atoms. The minimum atomic E-state index is 0.241. The number of rotatable bonds is 6. The van der Waals surface area contributed by atoms with Gasteiger partial charge < -0.3 is 9.30 Å². The number of nitrogens with one attached hydrogen (secondary N) is 1. The van der Waals surface area contributed by atoms with E-state index in [1.807, 2.05) is 0 Å². The Balaban J connectivity index is 1.53. The lowest BCUT2D eigenvalue weighted by Gasteiger charge is -2.33. The summed E-state index contributed by atoms with van der Waals surface area (Å²) in [5.41, 5.74) is 0. The van der Waals surface area contributed by atoms with Crippen LogP contribution in [0.15, 0.2) is 0 Å². The smallest absolute Gasteiger partial charge is 0.167 e. The van der Waals surface area contributed by atoms with Crippen LogP contribution in [0.1, 0.15) is 67.5 Å². The van der Waals surface area contributed by atoms with Crippen LogP contribution >= 0.6 is 0 Å². The molecule has 2 aromatic rings. The normalized spacial score (nSPS) is 22.2. The molecule has 2 fully saturated rings. The molecular formula is C16H25N7O. The van der Waals surface area contributed by atoms with Crippen molar-refractivity contribution in [2.75, 3.05) is 13.7 Å². The van der Waals surface area contributed by atoms with E-state index < -0.39 is 0 Å². The van der Waals surface area contributed by atoms with Gasteiger partial charge in [-0.2, -0.15) is 5.10 Å². The molecule has 24 heavy (non-hydrogen) atoms. The maximum absolute atomic E-state index is 5.13. The predicted octanol–water partition coefficient (Wildman–Crippen LogP) is 1.91. The molecule has 4 rings (SSSR count). The molecule has 8 heteroatoms. The van der Waals surface area contributed by atoms with Crippen LogP contribution in [0.25, 0.3) is 0 Å². The summed E-state index contributed by atoms with van der Waals surface area (Å²) in [4.78, 5) is 7.06. The van der Waals surface area contributed by atoms with Crippen LogP contribution < -0.4 is 0 Å². The van der Waals surface area contributed by atoms with E-state index in [0.717, 1.165) is 42.8 Å². The summed E-state index contributed by atoms with van der Waals surface area (Å²) in [6.45, 7) is 4.38. The lowest BCUT2D eigenvalue weighted by molar-refractivity contribution is 0.128. The van der Waals surface area contributed by atoms with Crippen molar-refractivity contribution in [3.63, 3.8) is 0 Å². The molecule has 1 saturated carbocycles. The van der Waals surface area contributed by atoms with Gasteiger partial charge in [0.15, 0.2) is 11.6 Å². The van der Waals surface area contributed by atoms with Gasteiger partial charge in [0.25, 0.3) is 0 Å². The molecule has 0 spiro atoms. The first-order valence-corrected chi connectivity index (χ1v) is 8.81. The number of H-pyrrole nitrogens is 1. The number of likely N-dealkylation sites (tertiary alicyclic amines) is 1. The topological polar surface area (TPSA) is 84.8 Å². The van der Waals surface area contributed by atoms with Crippen LogP contribution in [-0.4, -0.2) is 48.5 Å². The maximum Gasteiger partial charge on any atom is 0.167 e. The maximum atomic E-state index is 5.13. The number of aryl methyl sites for hydroxylation is 1. The highest BCUT2D eigenvalue weighted by atomic mass is 16.5. The summed E-state index contributed by atoms with van der Waals surface area (Å²) in [7, 11) is 1.67. The number of ether oxygens (including phenoxy) is 1. The highest BCUT2D eigenvalue weighted by Gasteiger charge is 2.32. The summed E-state index contributed by atoms with van der Waals surface area (Å²) in [5.74, 6) is 3.77. The third-order valence-corrected chi connectivity index (χ3v) is 4.94. The van der Waals surface area contributed by atoms with Crippen LogP contribution in [0.2, 0.25) is 0 Å². The first-order chi connectivity index (χ1) is 11.8. The summed E-state index contributed by atoms with van der Waals surface area (Å²) in [5, 5.41) is 16.1. The Hall–Kier alpha value is -1.80. The number of aromatic nitrogens is 6. The van der Waals surface area contributed by atoms with Crippen molar-refractivity contribution >= 4 is 0 Å². The van der Waals surface area contributed by atoms with Crippen LogP contribution in [0.4, 0.5) is 0 Å². The van der Waals surface area contributed by atoms with Gasteiger partial charge in [0.2, 0.25) is 0 Å². The number of hydrogen-bond donors (Lipinski definition) is 1. The fourth-order valence-corrected chi connectivity index (χ4v) is 3.64. The molecule has 2 aromatic heterocycles. The van der Waals surface area contributed by atoms with E-state index >= 15 is 0 Å². The molecule has 3 heterocycles. The van der Waals surface area contributed by atoms with E-state index in [0.29, 0.717) is 12.6 Å². The Bertz CT molecular complexity index is 690. The Morgan fingerprint density at radius 2 is 2.08 bits per heavy atom. The predicted molar refractivity (Wildman–Crippen MR) is 87.1 cm³/mol. The average Bonchev–Trinajstić information content (AvgIpc) is 3.20. The summed E-state index contributed by atoms with van der Waals surface area (Å²) < 4.78 is 7.45. The molecule has 1 N–H and O–H groups in total. The van der Waals surface area contributed by atoms with Crippen molar-refractivity contribution in [2.45, 2.75) is 64.3 Å². The van der Waals surface area contributed by atoms with E-state index in [1.54, 1.807) is 7.11 Å². The molecule has 1 unspecified atom stereocenters. The summed E-state index contributed by atoms with van der Waals surface area (Å²) in [6, 6.07) is 0.848. The van der Waals surface area contributed by atoms with E-state index in [4.69, 9.17) is 4.74 Å². The zero-order chi connectivity index (χ0) is 16.5. The van der Waals surface area contributed by atoms with Gasteiger partial charge >= 0.3 is 0 Å². The largest absolute Gasteiger partial charge is 0.377 e. The Labute approximate surface area is 141 Å². The quantitative estimate of drug-likeness (QED) is 0.870. The van der Waals surface area contributed by atoms with Gasteiger partial charge in [-0.15, -0.1) is 10.2 Å². The molecule has 1 saturated heterocycles. The van der Waals surface area contributed by atoms with Crippen LogP contribution in [0.5, 0.6) is 0 Å². The second-order valence-corrected chi connectivity index (χ2v) is 6.82. The van der Waals surface area contributed by atoms with Gasteiger partial charge in [0.05, 0.1) is 12.6 Å². The highest BCUT2D eigenvalue weighted by Crippen LogP contribution is 2.37. The minimum absolute atomic E-state index is 0.241. The molecule has 0 amide bonds. The summed E-state index contributed by atoms with van der Waals surface area (Å²) in [6.07, 6.45) is 6.00. The SMILES string of the molecule is COCc1nc(C2CCCCN2Cc2nnc(C)n2C2CC2)n[nH]1. The zero-order valence-electron chi connectivity index (χ0n) is 14.4. The van der Waals surface area contributed by atoms with Gasteiger partial charge in [-0.25, -0.2) is 4.98 Å². The molecular weight excluding hydrogens is 306 g/mol. The third kappa shape index (κ3) is 3.08. The van der Waals surface area contributed by atoms with Crippen molar-refractivity contribution in [2.24, 2.45) is 0 Å². The Morgan fingerprint density at radius 1 is 1.21 bits per heavy atom. The lowest BCUT2D eigenvalue weighted by Crippen LogP contribution is -2.34. The molecule has 1 aliphatic carbocycles. The van der Waals surface area contributed by atoms with Crippen molar-refractivity contribution in [3.8, 4) is 0 Å². The fourth-order valence-electron chi connectivity index (χ4n) is 3.64. The number of nitrogens with zero attached hydrogens (tertiary/aromatic N) is 6. The van der Waals surface area contributed by atoms with Crippen LogP contribution in [0, 0.1) is 6.92 Å². The van der Waals surface area contributed by atoms with Gasteiger partial charge in [-0.3, -0.25) is 10.00 Å². The number of piperidine rings is 1.